The van der Waals surface area contributed by atoms with E-state index in [1.807, 2.05) is 6.92 Å². The Kier molecular flexibility index (Phi) is 5.37. The lowest BCUT2D eigenvalue weighted by Gasteiger charge is -2.07. The summed E-state index contributed by atoms with van der Waals surface area (Å²) in [4.78, 5) is 11.0. The zero-order valence-electron chi connectivity index (χ0n) is 7.83. The van der Waals surface area contributed by atoms with Gasteiger partial charge in [-0.2, -0.15) is 0 Å². The van der Waals surface area contributed by atoms with Crippen LogP contribution in [-0.2, 0) is 9.53 Å². The fourth-order valence-electron chi connectivity index (χ4n) is 0.722. The number of aliphatic hydroxyl groups excluding tert-OH is 1. The van der Waals surface area contributed by atoms with E-state index in [1.54, 1.807) is 6.92 Å². The van der Waals surface area contributed by atoms with E-state index in [4.69, 9.17) is 4.74 Å². The number of rotatable bonds is 5. The average molecular weight is 172 g/mol. The SMILES string of the molecule is CCCC(=O)/C=C(\O)C(C)OC. The van der Waals surface area contributed by atoms with Crippen LogP contribution in [-0.4, -0.2) is 24.1 Å². The van der Waals surface area contributed by atoms with E-state index in [-0.39, 0.29) is 11.5 Å². The molecule has 0 aromatic heterocycles. The van der Waals surface area contributed by atoms with Crippen LogP contribution in [0, 0.1) is 0 Å². The lowest BCUT2D eigenvalue weighted by Crippen LogP contribution is -2.09. The number of hydrogen-bond acceptors (Lipinski definition) is 3. The van der Waals surface area contributed by atoms with Crippen LogP contribution in [0.15, 0.2) is 11.8 Å². The third-order valence-corrected chi connectivity index (χ3v) is 1.58. The Morgan fingerprint density at radius 2 is 2.25 bits per heavy atom. The van der Waals surface area contributed by atoms with E-state index >= 15 is 0 Å². The molecule has 0 radical (unpaired) electrons. The highest BCUT2D eigenvalue weighted by Crippen LogP contribution is 2.02. The molecule has 0 aliphatic rings. The van der Waals surface area contributed by atoms with Gasteiger partial charge in [0.15, 0.2) is 5.78 Å². The molecule has 3 heteroatoms. The Morgan fingerprint density at radius 1 is 1.67 bits per heavy atom. The molecule has 1 atom stereocenters. The van der Waals surface area contributed by atoms with Crippen molar-refractivity contribution in [2.45, 2.75) is 32.8 Å². The summed E-state index contributed by atoms with van der Waals surface area (Å²) in [6.45, 7) is 3.60. The molecular formula is C9H16O3. The maximum absolute atomic E-state index is 11.0. The number of ketones is 1. The Bertz CT molecular complexity index is 173. The third-order valence-electron chi connectivity index (χ3n) is 1.58. The van der Waals surface area contributed by atoms with Gasteiger partial charge in [-0.25, -0.2) is 0 Å². The lowest BCUT2D eigenvalue weighted by molar-refractivity contribution is -0.114. The zero-order valence-corrected chi connectivity index (χ0v) is 7.83. The van der Waals surface area contributed by atoms with Crippen LogP contribution in [0.3, 0.4) is 0 Å². The number of ether oxygens (including phenoxy) is 1. The third kappa shape index (κ3) is 4.13. The molecule has 0 bridgehead atoms. The van der Waals surface area contributed by atoms with Crippen LogP contribution in [0.1, 0.15) is 26.7 Å². The molecule has 0 aromatic carbocycles. The van der Waals surface area contributed by atoms with Crippen molar-refractivity contribution in [3.8, 4) is 0 Å². The average Bonchev–Trinajstić information content (AvgIpc) is 2.03. The highest BCUT2D eigenvalue weighted by molar-refractivity contribution is 5.89. The number of methoxy groups -OCH3 is 1. The van der Waals surface area contributed by atoms with Gasteiger partial charge in [0.25, 0.3) is 0 Å². The van der Waals surface area contributed by atoms with Gasteiger partial charge in [-0.3, -0.25) is 4.79 Å². The van der Waals surface area contributed by atoms with E-state index in [2.05, 4.69) is 0 Å². The molecule has 1 N–H and O–H groups in total. The number of allylic oxidation sites excluding steroid dienone is 1. The predicted octanol–water partition coefficient (Wildman–Crippen LogP) is 1.83. The standard InChI is InChI=1S/C9H16O3/c1-4-5-8(10)6-9(11)7(2)12-3/h6-7,11H,4-5H2,1-3H3/b9-6-. The van der Waals surface area contributed by atoms with Gasteiger partial charge in [-0.1, -0.05) is 6.92 Å². The zero-order chi connectivity index (χ0) is 9.56. The highest BCUT2D eigenvalue weighted by atomic mass is 16.5. The number of aliphatic hydroxyl groups is 1. The molecule has 0 saturated carbocycles. The maximum atomic E-state index is 11.0. The van der Waals surface area contributed by atoms with Crippen LogP contribution in [0.5, 0.6) is 0 Å². The van der Waals surface area contributed by atoms with Gasteiger partial charge in [0, 0.05) is 19.6 Å². The minimum Gasteiger partial charge on any atom is -0.509 e. The summed E-state index contributed by atoms with van der Waals surface area (Å²) in [6, 6.07) is 0. The monoisotopic (exact) mass is 172 g/mol. The second-order valence-corrected chi connectivity index (χ2v) is 2.66. The predicted molar refractivity (Wildman–Crippen MR) is 47.1 cm³/mol. The summed E-state index contributed by atoms with van der Waals surface area (Å²) in [6.07, 6.45) is 2.10. The first kappa shape index (κ1) is 11.2. The largest absolute Gasteiger partial charge is 0.509 e. The van der Waals surface area contributed by atoms with Crippen molar-refractivity contribution in [2.75, 3.05) is 7.11 Å². The quantitative estimate of drug-likeness (QED) is 0.508. The van der Waals surface area contributed by atoms with E-state index in [0.29, 0.717) is 6.42 Å². The number of hydrogen-bond donors (Lipinski definition) is 1. The lowest BCUT2D eigenvalue weighted by atomic mass is 10.2. The van der Waals surface area contributed by atoms with Crippen molar-refractivity contribution >= 4 is 5.78 Å². The van der Waals surface area contributed by atoms with E-state index in [0.717, 1.165) is 6.42 Å². The molecule has 0 amide bonds. The highest BCUT2D eigenvalue weighted by Gasteiger charge is 2.06. The smallest absolute Gasteiger partial charge is 0.159 e. The Hall–Kier alpha value is -0.830. The minimum atomic E-state index is -0.397. The van der Waals surface area contributed by atoms with Gasteiger partial charge in [0.05, 0.1) is 0 Å². The van der Waals surface area contributed by atoms with Crippen molar-refractivity contribution in [1.82, 2.24) is 0 Å². The Balaban J connectivity index is 4.05. The van der Waals surface area contributed by atoms with Crippen LogP contribution in [0.4, 0.5) is 0 Å². The summed E-state index contributed by atoms with van der Waals surface area (Å²) in [5.41, 5.74) is 0. The van der Waals surface area contributed by atoms with Crippen molar-refractivity contribution in [2.24, 2.45) is 0 Å². The molecule has 12 heavy (non-hydrogen) atoms. The Morgan fingerprint density at radius 3 is 2.67 bits per heavy atom. The molecule has 0 fully saturated rings. The topological polar surface area (TPSA) is 46.5 Å². The van der Waals surface area contributed by atoms with E-state index in [1.165, 1.54) is 13.2 Å². The first-order chi connectivity index (χ1) is 5.61. The van der Waals surface area contributed by atoms with Crippen LogP contribution < -0.4 is 0 Å². The summed E-state index contributed by atoms with van der Waals surface area (Å²) in [5, 5.41) is 9.23. The fourth-order valence-corrected chi connectivity index (χ4v) is 0.722. The molecule has 1 unspecified atom stereocenters. The van der Waals surface area contributed by atoms with Crippen LogP contribution >= 0.6 is 0 Å². The second-order valence-electron chi connectivity index (χ2n) is 2.66. The molecule has 0 aliphatic carbocycles. The van der Waals surface area contributed by atoms with Crippen molar-refractivity contribution in [3.05, 3.63) is 11.8 Å². The molecule has 0 aliphatic heterocycles. The Labute approximate surface area is 73.0 Å². The van der Waals surface area contributed by atoms with Crippen molar-refractivity contribution in [1.29, 1.82) is 0 Å². The van der Waals surface area contributed by atoms with Gasteiger partial charge in [-0.05, 0) is 13.3 Å². The summed E-state index contributed by atoms with van der Waals surface area (Å²) in [7, 11) is 1.49. The van der Waals surface area contributed by atoms with Gasteiger partial charge >= 0.3 is 0 Å². The molecule has 3 nitrogen and oxygen atoms in total. The first-order valence-electron chi connectivity index (χ1n) is 4.08. The second kappa shape index (κ2) is 5.77. The van der Waals surface area contributed by atoms with Crippen molar-refractivity contribution < 1.29 is 14.6 Å². The normalized spacial score (nSPS) is 14.4. The van der Waals surface area contributed by atoms with E-state index in [9.17, 15) is 9.90 Å². The first-order valence-corrected chi connectivity index (χ1v) is 4.08. The molecular weight excluding hydrogens is 156 g/mol. The summed E-state index contributed by atoms with van der Waals surface area (Å²) < 4.78 is 4.82. The van der Waals surface area contributed by atoms with Crippen molar-refractivity contribution in [3.63, 3.8) is 0 Å². The molecule has 0 heterocycles. The van der Waals surface area contributed by atoms with Crippen LogP contribution in [0.2, 0.25) is 0 Å². The summed E-state index contributed by atoms with van der Waals surface area (Å²) >= 11 is 0. The minimum absolute atomic E-state index is 0.00375. The van der Waals surface area contributed by atoms with Crippen LogP contribution in [0.25, 0.3) is 0 Å². The van der Waals surface area contributed by atoms with E-state index < -0.39 is 6.10 Å². The van der Waals surface area contributed by atoms with Gasteiger partial charge < -0.3 is 9.84 Å². The molecule has 70 valence electrons. The molecule has 0 aromatic rings. The van der Waals surface area contributed by atoms with Gasteiger partial charge in [0.2, 0.25) is 0 Å². The number of carbonyl (C=O) groups is 1. The maximum Gasteiger partial charge on any atom is 0.159 e. The number of carbonyl (C=O) groups excluding carboxylic acids is 1. The summed E-state index contributed by atoms with van der Waals surface area (Å²) in [5.74, 6) is -0.0603. The fraction of sp³-hybridized carbons (Fsp3) is 0.667. The van der Waals surface area contributed by atoms with Gasteiger partial charge in [0.1, 0.15) is 11.9 Å². The molecule has 0 saturated heterocycles. The van der Waals surface area contributed by atoms with Gasteiger partial charge in [-0.15, -0.1) is 0 Å². The molecule has 0 spiro atoms. The molecule has 0 rings (SSSR count).